The number of allylic oxidation sites excluding steroid dienone is 2. The van der Waals surface area contributed by atoms with Crippen LogP contribution in [0.3, 0.4) is 0 Å². The van der Waals surface area contributed by atoms with Gasteiger partial charge in [-0.05, 0) is 51.5 Å². The van der Waals surface area contributed by atoms with Gasteiger partial charge < -0.3 is 20.5 Å². The second kappa shape index (κ2) is 16.6. The fourth-order valence-electron chi connectivity index (χ4n) is 3.52. The Morgan fingerprint density at radius 2 is 1.79 bits per heavy atom. The van der Waals surface area contributed by atoms with Crippen molar-refractivity contribution in [2.75, 3.05) is 13.2 Å². The van der Waals surface area contributed by atoms with Crippen molar-refractivity contribution >= 4 is 17.8 Å². The van der Waals surface area contributed by atoms with E-state index in [1.807, 2.05) is 36.4 Å². The molecule has 0 aliphatic rings. The number of unbranched alkanes of at least 4 members (excludes halogenated alkanes) is 1. The number of ether oxygens (including phenoxy) is 1. The molecule has 4 atom stereocenters. The molecule has 7 nitrogen and oxygen atoms in total. The van der Waals surface area contributed by atoms with E-state index in [0.29, 0.717) is 19.3 Å². The van der Waals surface area contributed by atoms with Crippen LogP contribution in [0.15, 0.2) is 55.6 Å². The molecule has 1 aromatic carbocycles. The molecule has 0 aliphatic carbocycles. The normalized spacial score (nSPS) is 14.2. The Morgan fingerprint density at radius 3 is 2.41 bits per heavy atom. The molecule has 34 heavy (non-hydrogen) atoms. The molecule has 0 heterocycles. The summed E-state index contributed by atoms with van der Waals surface area (Å²) in [5.74, 6) is -1.76. The number of carbonyl (C=O) groups is 3. The quantitative estimate of drug-likeness (QED) is 0.183. The van der Waals surface area contributed by atoms with Gasteiger partial charge in [-0.1, -0.05) is 42.5 Å². The lowest BCUT2D eigenvalue weighted by Crippen LogP contribution is -2.41. The van der Waals surface area contributed by atoms with Crippen LogP contribution in [0.25, 0.3) is 0 Å². The number of rotatable bonds is 17. The molecule has 1 aromatic rings. The molecule has 188 valence electrons. The van der Waals surface area contributed by atoms with Crippen molar-refractivity contribution in [2.45, 2.75) is 64.5 Å². The summed E-state index contributed by atoms with van der Waals surface area (Å²) in [5.41, 5.74) is 1.07. The third-order valence-electron chi connectivity index (χ3n) is 5.44. The van der Waals surface area contributed by atoms with Crippen molar-refractivity contribution in [1.29, 1.82) is 0 Å². The summed E-state index contributed by atoms with van der Waals surface area (Å²) in [6, 6.07) is 9.45. The highest BCUT2D eigenvalue weighted by molar-refractivity contribution is 5.86. The van der Waals surface area contributed by atoms with Gasteiger partial charge in [-0.2, -0.15) is 0 Å². The van der Waals surface area contributed by atoms with Crippen LogP contribution < -0.4 is 10.6 Å². The van der Waals surface area contributed by atoms with Crippen LogP contribution in [0, 0.1) is 11.8 Å². The van der Waals surface area contributed by atoms with Crippen molar-refractivity contribution in [3.05, 3.63) is 61.2 Å². The number of hydrogen-bond donors (Lipinski definition) is 3. The number of carbonyl (C=O) groups excluding carboxylic acids is 3. The Labute approximate surface area is 203 Å². The van der Waals surface area contributed by atoms with Gasteiger partial charge in [-0.3, -0.25) is 14.4 Å². The minimum absolute atomic E-state index is 0.0151. The Balaban J connectivity index is 2.62. The summed E-state index contributed by atoms with van der Waals surface area (Å²) < 4.78 is 5.65. The third-order valence-corrected chi connectivity index (χ3v) is 5.44. The molecular formula is C27H40N2O5. The van der Waals surface area contributed by atoms with Crippen LogP contribution in [0.5, 0.6) is 0 Å². The molecule has 0 saturated heterocycles. The SMILES string of the molecule is C=CCCC[C@H](Cc1ccccc1)C(=O)O[C@@H](C)CNC(=O)[C@H](CC=C)CC(=O)N[C@H](C)CO. The van der Waals surface area contributed by atoms with Crippen LogP contribution in [-0.4, -0.2) is 48.2 Å². The first-order valence-electron chi connectivity index (χ1n) is 11.9. The van der Waals surface area contributed by atoms with Crippen LogP contribution in [0.4, 0.5) is 0 Å². The molecule has 2 amide bonds. The second-order valence-electron chi connectivity index (χ2n) is 8.68. The van der Waals surface area contributed by atoms with E-state index in [1.165, 1.54) is 0 Å². The van der Waals surface area contributed by atoms with Crippen LogP contribution >= 0.6 is 0 Å². The summed E-state index contributed by atoms with van der Waals surface area (Å²) in [7, 11) is 0. The zero-order valence-electron chi connectivity index (χ0n) is 20.5. The average Bonchev–Trinajstić information content (AvgIpc) is 2.82. The summed E-state index contributed by atoms with van der Waals surface area (Å²) in [6.45, 7) is 10.8. The van der Waals surface area contributed by atoms with Gasteiger partial charge in [0.25, 0.3) is 0 Å². The monoisotopic (exact) mass is 472 g/mol. The minimum Gasteiger partial charge on any atom is -0.461 e. The van der Waals surface area contributed by atoms with Crippen molar-refractivity contribution in [2.24, 2.45) is 11.8 Å². The zero-order valence-corrected chi connectivity index (χ0v) is 20.5. The van der Waals surface area contributed by atoms with E-state index in [-0.39, 0.29) is 49.3 Å². The van der Waals surface area contributed by atoms with E-state index in [4.69, 9.17) is 9.84 Å². The molecule has 0 aromatic heterocycles. The molecule has 0 radical (unpaired) electrons. The first-order chi connectivity index (χ1) is 16.3. The molecule has 0 spiro atoms. The minimum atomic E-state index is -0.587. The van der Waals surface area contributed by atoms with Crippen molar-refractivity contribution in [3.8, 4) is 0 Å². The fourth-order valence-corrected chi connectivity index (χ4v) is 3.52. The average molecular weight is 473 g/mol. The number of hydrogen-bond acceptors (Lipinski definition) is 5. The first-order valence-corrected chi connectivity index (χ1v) is 11.9. The predicted octanol–water partition coefficient (Wildman–Crippen LogP) is 3.33. The summed E-state index contributed by atoms with van der Waals surface area (Å²) in [6.07, 6.45) is 6.21. The zero-order chi connectivity index (χ0) is 25.3. The molecule has 7 heteroatoms. The van der Waals surface area contributed by atoms with Gasteiger partial charge in [0.05, 0.1) is 25.0 Å². The lowest BCUT2D eigenvalue weighted by molar-refractivity contribution is -0.153. The van der Waals surface area contributed by atoms with Gasteiger partial charge in [0.15, 0.2) is 0 Å². The Hall–Kier alpha value is -2.93. The standard InChI is InChI=1S/C27H40N2O5/c1-5-7-9-15-24(16-22-13-10-8-11-14-22)27(33)34-21(4)18-28-26(32)23(12-6-2)17-25(31)29-20(3)19-30/h5-6,8,10-11,13-14,20-21,23-24,30H,1-2,7,9,12,15-19H2,3-4H3,(H,28,32)(H,29,31)/t20-,21+,23-,24-/m1/s1. The van der Waals surface area contributed by atoms with Gasteiger partial charge >= 0.3 is 5.97 Å². The van der Waals surface area contributed by atoms with Crippen LogP contribution in [-0.2, 0) is 25.5 Å². The first kappa shape index (κ1) is 29.1. The molecule has 0 unspecified atom stereocenters. The Kier molecular flexibility index (Phi) is 14.2. The molecule has 1 rings (SSSR count). The van der Waals surface area contributed by atoms with Crippen LogP contribution in [0.2, 0.25) is 0 Å². The van der Waals surface area contributed by atoms with E-state index < -0.39 is 12.0 Å². The van der Waals surface area contributed by atoms with Gasteiger partial charge in [0.2, 0.25) is 11.8 Å². The molecule has 0 fully saturated rings. The third kappa shape index (κ3) is 11.8. The lowest BCUT2D eigenvalue weighted by atomic mass is 9.94. The topological polar surface area (TPSA) is 105 Å². The maximum atomic E-state index is 12.9. The Morgan fingerprint density at radius 1 is 1.09 bits per heavy atom. The van der Waals surface area contributed by atoms with Gasteiger partial charge in [-0.25, -0.2) is 0 Å². The van der Waals surface area contributed by atoms with E-state index in [1.54, 1.807) is 19.9 Å². The van der Waals surface area contributed by atoms with E-state index >= 15 is 0 Å². The maximum Gasteiger partial charge on any atom is 0.309 e. The van der Waals surface area contributed by atoms with Crippen LogP contribution in [0.1, 0.15) is 51.5 Å². The highest BCUT2D eigenvalue weighted by Crippen LogP contribution is 2.18. The number of aliphatic hydroxyl groups excluding tert-OH is 1. The van der Waals surface area contributed by atoms with Crippen molar-refractivity contribution < 1.29 is 24.2 Å². The van der Waals surface area contributed by atoms with Crippen molar-refractivity contribution in [1.82, 2.24) is 10.6 Å². The number of benzene rings is 1. The predicted molar refractivity (Wildman–Crippen MR) is 134 cm³/mol. The fraction of sp³-hybridized carbons (Fsp3) is 0.519. The van der Waals surface area contributed by atoms with Crippen molar-refractivity contribution in [3.63, 3.8) is 0 Å². The van der Waals surface area contributed by atoms with Gasteiger partial charge in [-0.15, -0.1) is 13.2 Å². The molecule has 0 aliphatic heterocycles. The number of amides is 2. The largest absolute Gasteiger partial charge is 0.461 e. The van der Waals surface area contributed by atoms with E-state index in [2.05, 4.69) is 23.8 Å². The number of aliphatic hydroxyl groups is 1. The highest BCUT2D eigenvalue weighted by atomic mass is 16.5. The maximum absolute atomic E-state index is 12.9. The second-order valence-corrected chi connectivity index (χ2v) is 8.68. The molecule has 3 N–H and O–H groups in total. The summed E-state index contributed by atoms with van der Waals surface area (Å²) >= 11 is 0. The summed E-state index contributed by atoms with van der Waals surface area (Å²) in [5, 5.41) is 14.5. The van der Waals surface area contributed by atoms with Gasteiger partial charge in [0.1, 0.15) is 6.10 Å². The Bertz CT molecular complexity index is 780. The lowest BCUT2D eigenvalue weighted by Gasteiger charge is -2.21. The molecule has 0 bridgehead atoms. The van der Waals surface area contributed by atoms with E-state index in [0.717, 1.165) is 18.4 Å². The van der Waals surface area contributed by atoms with E-state index in [9.17, 15) is 14.4 Å². The smallest absolute Gasteiger partial charge is 0.309 e. The number of nitrogens with one attached hydrogen (secondary N) is 2. The number of esters is 1. The summed E-state index contributed by atoms with van der Waals surface area (Å²) in [4.78, 5) is 37.6. The highest BCUT2D eigenvalue weighted by Gasteiger charge is 2.24. The molecule has 0 saturated carbocycles. The van der Waals surface area contributed by atoms with Gasteiger partial charge in [0, 0.05) is 12.5 Å². The molecular weight excluding hydrogens is 432 g/mol.